The molecule has 1 aromatic heterocycles. The van der Waals surface area contributed by atoms with Crippen LogP contribution in [-0.2, 0) is 6.54 Å². The molecule has 1 heterocycles. The maximum Gasteiger partial charge on any atom is 0.213 e. The topological polar surface area (TPSA) is 34.1 Å². The number of pyridine rings is 1. The largest absolute Gasteiger partial charge is 0.478 e. The normalized spacial score (nSPS) is 10.2. The van der Waals surface area contributed by atoms with Gasteiger partial charge in [0.2, 0.25) is 5.88 Å². The number of hydrogen-bond acceptors (Lipinski definition) is 3. The molecule has 0 spiro atoms. The molecule has 0 radical (unpaired) electrons. The Kier molecular flexibility index (Phi) is 7.07. The lowest BCUT2D eigenvalue weighted by Gasteiger charge is -2.07. The highest BCUT2D eigenvalue weighted by Crippen LogP contribution is 2.08. The van der Waals surface area contributed by atoms with Crippen LogP contribution in [0.5, 0.6) is 5.88 Å². The fourth-order valence-electron chi connectivity index (χ4n) is 1.43. The Balaban J connectivity index is 2.34. The standard InChI is InChI=1S/C14H22N2O/c1-3-5-6-11-17-14-9-7-8-13(16-14)12-15-10-4-2/h3,7-9,15H,1,4-6,10-12H2,2H3. The van der Waals surface area contributed by atoms with Crippen molar-refractivity contribution in [2.24, 2.45) is 0 Å². The van der Waals surface area contributed by atoms with Crippen molar-refractivity contribution in [3.05, 3.63) is 36.5 Å². The highest BCUT2D eigenvalue weighted by Gasteiger charge is 1.98. The molecule has 0 saturated carbocycles. The summed E-state index contributed by atoms with van der Waals surface area (Å²) in [6, 6.07) is 5.90. The van der Waals surface area contributed by atoms with Crippen LogP contribution in [0.25, 0.3) is 0 Å². The van der Waals surface area contributed by atoms with Crippen LogP contribution in [-0.4, -0.2) is 18.1 Å². The number of nitrogens with zero attached hydrogens (tertiary/aromatic N) is 1. The molecule has 0 fully saturated rings. The number of unbranched alkanes of at least 4 members (excludes halogenated alkanes) is 1. The minimum absolute atomic E-state index is 0.699. The van der Waals surface area contributed by atoms with Crippen molar-refractivity contribution in [2.75, 3.05) is 13.2 Å². The smallest absolute Gasteiger partial charge is 0.213 e. The summed E-state index contributed by atoms with van der Waals surface area (Å²) >= 11 is 0. The number of hydrogen-bond donors (Lipinski definition) is 1. The third-order valence-corrected chi connectivity index (χ3v) is 2.32. The van der Waals surface area contributed by atoms with E-state index in [9.17, 15) is 0 Å². The van der Waals surface area contributed by atoms with Crippen LogP contribution >= 0.6 is 0 Å². The molecule has 0 amide bonds. The summed E-state index contributed by atoms with van der Waals surface area (Å²) in [5.74, 6) is 0.713. The van der Waals surface area contributed by atoms with E-state index in [4.69, 9.17) is 4.74 Å². The minimum atomic E-state index is 0.699. The van der Waals surface area contributed by atoms with E-state index in [-0.39, 0.29) is 0 Å². The van der Waals surface area contributed by atoms with E-state index in [1.54, 1.807) is 0 Å². The van der Waals surface area contributed by atoms with Crippen LogP contribution in [0.3, 0.4) is 0 Å². The molecule has 1 N–H and O–H groups in total. The molecule has 0 bridgehead atoms. The Morgan fingerprint density at radius 2 is 2.35 bits per heavy atom. The summed E-state index contributed by atoms with van der Waals surface area (Å²) in [6.45, 7) is 8.36. The lowest BCUT2D eigenvalue weighted by atomic mass is 10.3. The van der Waals surface area contributed by atoms with Gasteiger partial charge in [-0.25, -0.2) is 4.98 Å². The van der Waals surface area contributed by atoms with Gasteiger partial charge < -0.3 is 10.1 Å². The third kappa shape index (κ3) is 6.07. The van der Waals surface area contributed by atoms with Crippen molar-refractivity contribution in [1.29, 1.82) is 0 Å². The van der Waals surface area contributed by atoms with Crippen LogP contribution in [0.15, 0.2) is 30.9 Å². The third-order valence-electron chi connectivity index (χ3n) is 2.32. The van der Waals surface area contributed by atoms with Crippen molar-refractivity contribution in [3.63, 3.8) is 0 Å². The number of rotatable bonds is 9. The molecule has 3 nitrogen and oxygen atoms in total. The van der Waals surface area contributed by atoms with Gasteiger partial charge in [-0.3, -0.25) is 0 Å². The Hall–Kier alpha value is -1.35. The first-order valence-corrected chi connectivity index (χ1v) is 6.27. The van der Waals surface area contributed by atoms with Crippen molar-refractivity contribution in [2.45, 2.75) is 32.7 Å². The van der Waals surface area contributed by atoms with Crippen LogP contribution in [0.2, 0.25) is 0 Å². The second-order valence-corrected chi connectivity index (χ2v) is 3.92. The molecule has 0 atom stereocenters. The van der Waals surface area contributed by atoms with Crippen molar-refractivity contribution >= 4 is 0 Å². The summed E-state index contributed by atoms with van der Waals surface area (Å²) in [5.41, 5.74) is 1.03. The lowest BCUT2D eigenvalue weighted by Crippen LogP contribution is -2.15. The van der Waals surface area contributed by atoms with Crippen LogP contribution in [0, 0.1) is 0 Å². The Morgan fingerprint density at radius 1 is 1.47 bits per heavy atom. The first-order valence-electron chi connectivity index (χ1n) is 6.27. The maximum absolute atomic E-state index is 5.57. The molecule has 1 rings (SSSR count). The van der Waals surface area contributed by atoms with Gasteiger partial charge in [0, 0.05) is 12.6 Å². The Bertz CT molecular complexity index is 326. The quantitative estimate of drug-likeness (QED) is 0.527. The van der Waals surface area contributed by atoms with Crippen LogP contribution in [0.4, 0.5) is 0 Å². The monoisotopic (exact) mass is 234 g/mol. The van der Waals surface area contributed by atoms with Gasteiger partial charge >= 0.3 is 0 Å². The average Bonchev–Trinajstić information content (AvgIpc) is 2.36. The molecular formula is C14H22N2O. The maximum atomic E-state index is 5.57. The zero-order chi connectivity index (χ0) is 12.3. The van der Waals surface area contributed by atoms with Crippen LogP contribution in [0.1, 0.15) is 31.9 Å². The Labute approximate surface area is 104 Å². The summed E-state index contributed by atoms with van der Waals surface area (Å²) in [4.78, 5) is 4.43. The molecule has 0 aliphatic carbocycles. The second-order valence-electron chi connectivity index (χ2n) is 3.92. The van der Waals surface area contributed by atoms with E-state index < -0.39 is 0 Å². The van der Waals surface area contributed by atoms with E-state index in [1.807, 2.05) is 24.3 Å². The van der Waals surface area contributed by atoms with Gasteiger partial charge in [-0.15, -0.1) is 6.58 Å². The number of ether oxygens (including phenoxy) is 1. The van der Waals surface area contributed by atoms with Gasteiger partial charge in [-0.1, -0.05) is 19.1 Å². The molecule has 94 valence electrons. The molecule has 1 aromatic rings. The summed E-state index contributed by atoms with van der Waals surface area (Å²) in [5, 5.41) is 3.32. The van der Waals surface area contributed by atoms with Gasteiger partial charge in [0.25, 0.3) is 0 Å². The average molecular weight is 234 g/mol. The van der Waals surface area contributed by atoms with Gasteiger partial charge in [0.1, 0.15) is 0 Å². The highest BCUT2D eigenvalue weighted by atomic mass is 16.5. The lowest BCUT2D eigenvalue weighted by molar-refractivity contribution is 0.299. The highest BCUT2D eigenvalue weighted by molar-refractivity contribution is 5.15. The number of nitrogens with one attached hydrogen (secondary N) is 1. The van der Waals surface area contributed by atoms with E-state index in [0.717, 1.165) is 38.0 Å². The van der Waals surface area contributed by atoms with Gasteiger partial charge in [0.05, 0.1) is 12.3 Å². The first-order chi connectivity index (χ1) is 8.36. The van der Waals surface area contributed by atoms with Crippen molar-refractivity contribution in [3.8, 4) is 5.88 Å². The van der Waals surface area contributed by atoms with Gasteiger partial charge in [0.15, 0.2) is 0 Å². The fraction of sp³-hybridized carbons (Fsp3) is 0.500. The predicted octanol–water partition coefficient (Wildman–Crippen LogP) is 2.93. The van der Waals surface area contributed by atoms with Gasteiger partial charge in [-0.2, -0.15) is 0 Å². The molecule has 0 saturated heterocycles. The van der Waals surface area contributed by atoms with E-state index in [0.29, 0.717) is 12.5 Å². The Morgan fingerprint density at radius 3 is 3.12 bits per heavy atom. The fourth-order valence-corrected chi connectivity index (χ4v) is 1.43. The van der Waals surface area contributed by atoms with Crippen molar-refractivity contribution < 1.29 is 4.74 Å². The molecule has 3 heteroatoms. The molecule has 0 aliphatic rings. The zero-order valence-corrected chi connectivity index (χ0v) is 10.6. The van der Waals surface area contributed by atoms with Crippen LogP contribution < -0.4 is 10.1 Å². The number of allylic oxidation sites excluding steroid dienone is 1. The molecule has 0 aliphatic heterocycles. The minimum Gasteiger partial charge on any atom is -0.478 e. The van der Waals surface area contributed by atoms with E-state index >= 15 is 0 Å². The zero-order valence-electron chi connectivity index (χ0n) is 10.6. The molecule has 17 heavy (non-hydrogen) atoms. The predicted molar refractivity (Wildman–Crippen MR) is 71.2 cm³/mol. The second kappa shape index (κ2) is 8.76. The van der Waals surface area contributed by atoms with E-state index in [1.165, 1.54) is 0 Å². The van der Waals surface area contributed by atoms with E-state index in [2.05, 4.69) is 23.8 Å². The van der Waals surface area contributed by atoms with Gasteiger partial charge in [-0.05, 0) is 31.9 Å². The summed E-state index contributed by atoms with van der Waals surface area (Å²) in [6.07, 6.45) is 5.01. The molecule has 0 aromatic carbocycles. The number of aromatic nitrogens is 1. The first kappa shape index (κ1) is 13.7. The SMILES string of the molecule is C=CCCCOc1cccc(CNCCC)n1. The molecule has 0 unspecified atom stereocenters. The summed E-state index contributed by atoms with van der Waals surface area (Å²) in [7, 11) is 0. The molecular weight excluding hydrogens is 212 g/mol. The van der Waals surface area contributed by atoms with Crippen molar-refractivity contribution in [1.82, 2.24) is 10.3 Å². The summed E-state index contributed by atoms with van der Waals surface area (Å²) < 4.78 is 5.57.